The van der Waals surface area contributed by atoms with Crippen molar-refractivity contribution in [1.29, 1.82) is 0 Å². The molecule has 1 aliphatic carbocycles. The Morgan fingerprint density at radius 2 is 2.00 bits per heavy atom. The first kappa shape index (κ1) is 12.9. The van der Waals surface area contributed by atoms with E-state index in [2.05, 4.69) is 24.1 Å². The van der Waals surface area contributed by atoms with Crippen molar-refractivity contribution in [3.05, 3.63) is 29.8 Å². The maximum absolute atomic E-state index is 9.36. The molecule has 19 heavy (non-hydrogen) atoms. The van der Waals surface area contributed by atoms with Crippen LogP contribution in [0.25, 0.3) is 0 Å². The molecular formula is C16H24N2O. The van der Waals surface area contributed by atoms with Crippen LogP contribution < -0.4 is 5.32 Å². The zero-order chi connectivity index (χ0) is 13.5. The Balaban J connectivity index is 1.69. The maximum Gasteiger partial charge on any atom is 0.115 e. The van der Waals surface area contributed by atoms with Crippen molar-refractivity contribution in [2.75, 3.05) is 13.1 Å². The second-order valence-corrected chi connectivity index (χ2v) is 6.49. The molecule has 3 heteroatoms. The third-order valence-electron chi connectivity index (χ3n) is 4.76. The summed E-state index contributed by atoms with van der Waals surface area (Å²) in [4.78, 5) is 2.57. The summed E-state index contributed by atoms with van der Waals surface area (Å²) in [5, 5.41) is 13.1. The minimum absolute atomic E-state index is 0.295. The molecule has 0 bridgehead atoms. The lowest BCUT2D eigenvalue weighted by molar-refractivity contribution is 0.0770. The highest BCUT2D eigenvalue weighted by atomic mass is 16.3. The molecule has 2 atom stereocenters. The first-order chi connectivity index (χ1) is 9.07. The molecule has 1 aromatic rings. The molecule has 1 saturated carbocycles. The van der Waals surface area contributed by atoms with Gasteiger partial charge in [-0.2, -0.15) is 0 Å². The van der Waals surface area contributed by atoms with Crippen LogP contribution in [0.4, 0.5) is 0 Å². The minimum Gasteiger partial charge on any atom is -0.508 e. The highest BCUT2D eigenvalue weighted by Crippen LogP contribution is 2.41. The first-order valence-corrected chi connectivity index (χ1v) is 7.34. The first-order valence-electron chi connectivity index (χ1n) is 7.34. The summed E-state index contributed by atoms with van der Waals surface area (Å²) in [5.41, 5.74) is 1.58. The normalized spacial score (nSPS) is 32.4. The molecule has 3 nitrogen and oxygen atoms in total. The van der Waals surface area contributed by atoms with Crippen LogP contribution in [-0.2, 0) is 6.54 Å². The van der Waals surface area contributed by atoms with Crippen LogP contribution in [0, 0.1) is 5.92 Å². The molecule has 1 aliphatic heterocycles. The standard InChI is InChI=1S/C16H24N2O/c1-12-9-17-16(2,14-5-6-14)11-18(12)10-13-3-7-15(19)8-4-13/h3-4,7-8,12,14,17,19H,5-6,9-11H2,1-2H3. The molecule has 1 aromatic carbocycles. The quantitative estimate of drug-likeness (QED) is 0.875. The second-order valence-electron chi connectivity index (χ2n) is 6.49. The van der Waals surface area contributed by atoms with Gasteiger partial charge in [0.2, 0.25) is 0 Å². The molecule has 0 amide bonds. The molecule has 0 aromatic heterocycles. The molecule has 0 radical (unpaired) electrons. The van der Waals surface area contributed by atoms with Gasteiger partial charge in [-0.3, -0.25) is 4.90 Å². The van der Waals surface area contributed by atoms with Crippen molar-refractivity contribution >= 4 is 0 Å². The Morgan fingerprint density at radius 1 is 1.32 bits per heavy atom. The predicted octanol–water partition coefficient (Wildman–Crippen LogP) is 2.35. The van der Waals surface area contributed by atoms with Crippen LogP contribution in [0.5, 0.6) is 5.75 Å². The van der Waals surface area contributed by atoms with Gasteiger partial charge < -0.3 is 10.4 Å². The summed E-state index contributed by atoms with van der Waals surface area (Å²) >= 11 is 0. The lowest BCUT2D eigenvalue weighted by Gasteiger charge is -2.45. The van der Waals surface area contributed by atoms with Crippen LogP contribution in [-0.4, -0.2) is 34.7 Å². The van der Waals surface area contributed by atoms with Crippen molar-refractivity contribution in [3.8, 4) is 5.75 Å². The Labute approximate surface area is 115 Å². The molecule has 0 spiro atoms. The lowest BCUT2D eigenvalue weighted by atomic mass is 9.91. The van der Waals surface area contributed by atoms with Gasteiger partial charge in [0.25, 0.3) is 0 Å². The number of phenolic OH excluding ortho intramolecular Hbond substituents is 1. The third kappa shape index (κ3) is 2.77. The van der Waals surface area contributed by atoms with E-state index in [0.717, 1.165) is 25.6 Å². The smallest absolute Gasteiger partial charge is 0.115 e. The van der Waals surface area contributed by atoms with Gasteiger partial charge in [-0.25, -0.2) is 0 Å². The van der Waals surface area contributed by atoms with E-state index >= 15 is 0 Å². The predicted molar refractivity (Wildman–Crippen MR) is 77.1 cm³/mol. The Bertz CT molecular complexity index is 441. The summed E-state index contributed by atoms with van der Waals surface area (Å²) in [6, 6.07) is 8.18. The zero-order valence-electron chi connectivity index (χ0n) is 11.9. The average Bonchev–Trinajstić information content (AvgIpc) is 3.21. The van der Waals surface area contributed by atoms with E-state index in [0.29, 0.717) is 17.3 Å². The molecule has 104 valence electrons. The number of hydrogen-bond acceptors (Lipinski definition) is 3. The van der Waals surface area contributed by atoms with Crippen molar-refractivity contribution in [3.63, 3.8) is 0 Å². The monoisotopic (exact) mass is 260 g/mol. The summed E-state index contributed by atoms with van der Waals surface area (Å²) in [6.07, 6.45) is 2.76. The summed E-state index contributed by atoms with van der Waals surface area (Å²) < 4.78 is 0. The van der Waals surface area contributed by atoms with E-state index in [1.54, 1.807) is 12.1 Å². The molecule has 2 fully saturated rings. The third-order valence-corrected chi connectivity index (χ3v) is 4.76. The minimum atomic E-state index is 0.295. The number of rotatable bonds is 3. The van der Waals surface area contributed by atoms with E-state index in [1.807, 2.05) is 12.1 Å². The van der Waals surface area contributed by atoms with Crippen molar-refractivity contribution in [2.45, 2.75) is 44.8 Å². The van der Waals surface area contributed by atoms with Crippen LogP contribution in [0.3, 0.4) is 0 Å². The van der Waals surface area contributed by atoms with E-state index in [1.165, 1.54) is 18.4 Å². The topological polar surface area (TPSA) is 35.5 Å². The van der Waals surface area contributed by atoms with Gasteiger partial charge in [0, 0.05) is 31.2 Å². The molecule has 1 saturated heterocycles. The highest BCUT2D eigenvalue weighted by molar-refractivity contribution is 5.26. The fourth-order valence-corrected chi connectivity index (χ4v) is 3.19. The molecule has 2 N–H and O–H groups in total. The van der Waals surface area contributed by atoms with Gasteiger partial charge in [0.15, 0.2) is 0 Å². The fraction of sp³-hybridized carbons (Fsp3) is 0.625. The number of nitrogens with zero attached hydrogens (tertiary/aromatic N) is 1. The molecule has 3 rings (SSSR count). The molecule has 2 aliphatic rings. The summed E-state index contributed by atoms with van der Waals surface area (Å²) in [6.45, 7) is 7.84. The van der Waals surface area contributed by atoms with E-state index in [9.17, 15) is 5.11 Å². The number of aromatic hydroxyl groups is 1. The van der Waals surface area contributed by atoms with Gasteiger partial charge in [-0.15, -0.1) is 0 Å². The Morgan fingerprint density at radius 3 is 2.63 bits per heavy atom. The largest absolute Gasteiger partial charge is 0.508 e. The number of benzene rings is 1. The van der Waals surface area contributed by atoms with Crippen LogP contribution >= 0.6 is 0 Å². The van der Waals surface area contributed by atoms with Gasteiger partial charge in [-0.1, -0.05) is 12.1 Å². The maximum atomic E-state index is 9.36. The van der Waals surface area contributed by atoms with Gasteiger partial charge in [0.05, 0.1) is 0 Å². The van der Waals surface area contributed by atoms with Gasteiger partial charge in [0.1, 0.15) is 5.75 Å². The lowest BCUT2D eigenvalue weighted by Crippen LogP contribution is -2.62. The van der Waals surface area contributed by atoms with Crippen molar-refractivity contribution in [2.24, 2.45) is 5.92 Å². The summed E-state index contributed by atoms with van der Waals surface area (Å²) in [5.74, 6) is 1.21. The van der Waals surface area contributed by atoms with Crippen LogP contribution in [0.2, 0.25) is 0 Å². The SMILES string of the molecule is CC1CNC(C)(C2CC2)CN1Cc1ccc(O)cc1. The van der Waals surface area contributed by atoms with Crippen LogP contribution in [0.15, 0.2) is 24.3 Å². The Kier molecular flexibility index (Phi) is 3.27. The molecule has 2 unspecified atom stereocenters. The fourth-order valence-electron chi connectivity index (χ4n) is 3.19. The number of nitrogens with one attached hydrogen (secondary N) is 1. The Hall–Kier alpha value is -1.06. The second kappa shape index (κ2) is 4.80. The van der Waals surface area contributed by atoms with E-state index in [-0.39, 0.29) is 0 Å². The van der Waals surface area contributed by atoms with E-state index in [4.69, 9.17) is 0 Å². The van der Waals surface area contributed by atoms with Gasteiger partial charge in [-0.05, 0) is 50.3 Å². The highest BCUT2D eigenvalue weighted by Gasteiger charge is 2.45. The summed E-state index contributed by atoms with van der Waals surface area (Å²) in [7, 11) is 0. The number of phenols is 1. The van der Waals surface area contributed by atoms with E-state index < -0.39 is 0 Å². The molecule has 1 heterocycles. The molecular weight excluding hydrogens is 236 g/mol. The van der Waals surface area contributed by atoms with Crippen molar-refractivity contribution in [1.82, 2.24) is 10.2 Å². The van der Waals surface area contributed by atoms with Gasteiger partial charge >= 0.3 is 0 Å². The van der Waals surface area contributed by atoms with Crippen LogP contribution in [0.1, 0.15) is 32.3 Å². The van der Waals surface area contributed by atoms with Crippen molar-refractivity contribution < 1.29 is 5.11 Å². The number of piperazine rings is 1. The average molecular weight is 260 g/mol. The number of hydrogen-bond donors (Lipinski definition) is 2. The zero-order valence-corrected chi connectivity index (χ0v) is 11.9.